The Morgan fingerprint density at radius 1 is 1.47 bits per heavy atom. The van der Waals surface area contributed by atoms with E-state index in [0.29, 0.717) is 12.8 Å². The lowest BCUT2D eigenvalue weighted by molar-refractivity contribution is -0.573. The van der Waals surface area contributed by atoms with Crippen LogP contribution in [0.3, 0.4) is 0 Å². The molecule has 0 aromatic heterocycles. The van der Waals surface area contributed by atoms with Crippen molar-refractivity contribution in [2.45, 2.75) is 51.2 Å². The van der Waals surface area contributed by atoms with Crippen molar-refractivity contribution < 1.29 is 14.8 Å². The molecule has 86 valence electrons. The van der Waals surface area contributed by atoms with Gasteiger partial charge in [0, 0.05) is 24.7 Å². The minimum Gasteiger partial charge on any atom is -0.389 e. The molecule has 1 aliphatic rings. The van der Waals surface area contributed by atoms with Crippen LogP contribution in [0.2, 0.25) is 0 Å². The van der Waals surface area contributed by atoms with Crippen LogP contribution in [0.25, 0.3) is 0 Å². The predicted octanol–water partition coefficient (Wildman–Crippen LogP) is 1.16. The molecule has 5 heteroatoms. The number of nitro groups is 1. The minimum absolute atomic E-state index is 0.127. The lowest BCUT2D eigenvalue weighted by Gasteiger charge is -2.40. The van der Waals surface area contributed by atoms with E-state index >= 15 is 0 Å². The highest BCUT2D eigenvalue weighted by Gasteiger charge is 2.51. The Balaban J connectivity index is 2.93. The Hall–Kier alpha value is -0.970. The van der Waals surface area contributed by atoms with Crippen molar-refractivity contribution in [3.8, 4) is 0 Å². The number of aliphatic hydroxyl groups is 1. The maximum atomic E-state index is 11.3. The Morgan fingerprint density at radius 3 is 2.40 bits per heavy atom. The van der Waals surface area contributed by atoms with Gasteiger partial charge < -0.3 is 5.11 Å². The average molecular weight is 215 g/mol. The zero-order chi connectivity index (χ0) is 11.9. The zero-order valence-electron chi connectivity index (χ0n) is 9.32. The summed E-state index contributed by atoms with van der Waals surface area (Å²) >= 11 is 0. The molecule has 0 spiro atoms. The van der Waals surface area contributed by atoms with Gasteiger partial charge in [0.25, 0.3) is 0 Å². The Kier molecular flexibility index (Phi) is 2.87. The maximum absolute atomic E-state index is 11.3. The molecule has 3 atom stereocenters. The number of carbonyl (C=O) groups excluding carboxylic acids is 1. The van der Waals surface area contributed by atoms with Gasteiger partial charge in [-0.05, 0) is 20.3 Å². The van der Waals surface area contributed by atoms with Crippen molar-refractivity contribution in [2.75, 3.05) is 0 Å². The van der Waals surface area contributed by atoms with E-state index in [2.05, 4.69) is 0 Å². The van der Waals surface area contributed by atoms with Gasteiger partial charge in [0.05, 0.1) is 11.5 Å². The Bertz CT molecular complexity index is 300. The first-order chi connectivity index (χ1) is 6.69. The zero-order valence-corrected chi connectivity index (χ0v) is 9.32. The lowest BCUT2D eigenvalue weighted by atomic mass is 9.67. The molecule has 1 saturated carbocycles. The summed E-state index contributed by atoms with van der Waals surface area (Å²) in [5, 5.41) is 20.8. The van der Waals surface area contributed by atoms with E-state index in [1.165, 1.54) is 13.8 Å². The van der Waals surface area contributed by atoms with Crippen molar-refractivity contribution in [2.24, 2.45) is 5.92 Å². The van der Waals surface area contributed by atoms with Gasteiger partial charge in [-0.2, -0.15) is 0 Å². The van der Waals surface area contributed by atoms with Gasteiger partial charge >= 0.3 is 0 Å². The molecule has 1 fully saturated rings. The van der Waals surface area contributed by atoms with Gasteiger partial charge in [-0.1, -0.05) is 0 Å². The van der Waals surface area contributed by atoms with Crippen LogP contribution in [0.1, 0.15) is 40.0 Å². The van der Waals surface area contributed by atoms with Crippen molar-refractivity contribution >= 4 is 5.78 Å². The summed E-state index contributed by atoms with van der Waals surface area (Å²) in [6.45, 7) is 4.50. The topological polar surface area (TPSA) is 80.4 Å². The third kappa shape index (κ3) is 2.17. The molecule has 0 bridgehead atoms. The van der Waals surface area contributed by atoms with E-state index in [1.54, 1.807) is 6.92 Å². The maximum Gasteiger partial charge on any atom is 0.220 e. The monoisotopic (exact) mass is 215 g/mol. The molecule has 0 saturated heterocycles. The molecule has 0 aromatic rings. The molecule has 0 unspecified atom stereocenters. The van der Waals surface area contributed by atoms with Gasteiger partial charge in [0.15, 0.2) is 0 Å². The lowest BCUT2D eigenvalue weighted by Crippen LogP contribution is -2.52. The summed E-state index contributed by atoms with van der Waals surface area (Å²) in [6, 6.07) is 0. The van der Waals surface area contributed by atoms with Crippen LogP contribution < -0.4 is 0 Å². The second-order valence-corrected chi connectivity index (χ2v) is 4.98. The molecular weight excluding hydrogens is 198 g/mol. The third-order valence-corrected chi connectivity index (χ3v) is 3.50. The van der Waals surface area contributed by atoms with Gasteiger partial charge in [-0.15, -0.1) is 0 Å². The first-order valence-electron chi connectivity index (χ1n) is 5.06. The summed E-state index contributed by atoms with van der Waals surface area (Å²) < 4.78 is 0. The third-order valence-electron chi connectivity index (χ3n) is 3.50. The second kappa shape index (κ2) is 3.56. The number of ketones is 1. The first-order valence-corrected chi connectivity index (χ1v) is 5.06. The molecule has 0 heterocycles. The average Bonchev–Trinajstić information content (AvgIpc) is 2.09. The quantitative estimate of drug-likeness (QED) is 0.553. The second-order valence-electron chi connectivity index (χ2n) is 4.98. The van der Waals surface area contributed by atoms with E-state index in [-0.39, 0.29) is 17.1 Å². The minimum atomic E-state index is -1.10. The molecule has 15 heavy (non-hydrogen) atoms. The van der Waals surface area contributed by atoms with E-state index in [1.807, 2.05) is 0 Å². The number of Topliss-reactive ketones (excluding diaryl/α,β-unsaturated/α-hetero) is 1. The highest BCUT2D eigenvalue weighted by atomic mass is 16.6. The highest BCUT2D eigenvalue weighted by molar-refractivity contribution is 5.79. The smallest absolute Gasteiger partial charge is 0.220 e. The summed E-state index contributed by atoms with van der Waals surface area (Å²) in [6.07, 6.45) is 0.744. The van der Waals surface area contributed by atoms with Gasteiger partial charge in [0.2, 0.25) is 5.54 Å². The first kappa shape index (κ1) is 12.1. The van der Waals surface area contributed by atoms with Crippen LogP contribution in [-0.4, -0.2) is 27.0 Å². The van der Waals surface area contributed by atoms with Gasteiger partial charge in [-0.3, -0.25) is 14.9 Å². The summed E-state index contributed by atoms with van der Waals surface area (Å²) in [5.74, 6) is -0.797. The fraction of sp³-hybridized carbons (Fsp3) is 0.900. The Morgan fingerprint density at radius 2 is 2.00 bits per heavy atom. The molecule has 1 N–H and O–H groups in total. The normalized spacial score (nSPS) is 41.2. The summed E-state index contributed by atoms with van der Waals surface area (Å²) in [7, 11) is 0. The van der Waals surface area contributed by atoms with Crippen molar-refractivity contribution in [1.82, 2.24) is 0 Å². The van der Waals surface area contributed by atoms with Gasteiger partial charge in [-0.25, -0.2) is 0 Å². The Labute approximate surface area is 88.6 Å². The molecule has 0 amide bonds. The van der Waals surface area contributed by atoms with E-state index in [4.69, 9.17) is 0 Å². The molecule has 0 aliphatic heterocycles. The largest absolute Gasteiger partial charge is 0.389 e. The molecular formula is C10H17NO4. The van der Waals surface area contributed by atoms with Gasteiger partial charge in [0.1, 0.15) is 5.78 Å². The molecule has 5 nitrogen and oxygen atoms in total. The summed E-state index contributed by atoms with van der Waals surface area (Å²) in [5.41, 5.74) is -2.17. The summed E-state index contributed by atoms with van der Waals surface area (Å²) in [4.78, 5) is 21.9. The van der Waals surface area contributed by atoms with E-state index in [0.717, 1.165) is 0 Å². The fourth-order valence-corrected chi connectivity index (χ4v) is 2.21. The number of hydrogen-bond acceptors (Lipinski definition) is 4. The molecule has 0 radical (unpaired) electrons. The van der Waals surface area contributed by atoms with Crippen molar-refractivity contribution in [3.63, 3.8) is 0 Å². The van der Waals surface area contributed by atoms with Crippen LogP contribution in [0, 0.1) is 16.0 Å². The van der Waals surface area contributed by atoms with E-state index < -0.39 is 17.1 Å². The predicted molar refractivity (Wildman–Crippen MR) is 54.0 cm³/mol. The SMILES string of the molecule is CC(=O)[C@H]1C[C@@](C)([N+](=O)[O-])CC[C@]1(C)O. The van der Waals surface area contributed by atoms with Crippen LogP contribution in [0.5, 0.6) is 0 Å². The van der Waals surface area contributed by atoms with E-state index in [9.17, 15) is 20.0 Å². The van der Waals surface area contributed by atoms with Crippen LogP contribution in [0.4, 0.5) is 0 Å². The number of hydrogen-bond donors (Lipinski definition) is 1. The molecule has 0 aromatic carbocycles. The fourth-order valence-electron chi connectivity index (χ4n) is 2.21. The highest BCUT2D eigenvalue weighted by Crippen LogP contribution is 2.40. The number of rotatable bonds is 2. The molecule has 1 rings (SSSR count). The van der Waals surface area contributed by atoms with Crippen LogP contribution in [-0.2, 0) is 4.79 Å². The standard InChI is InChI=1S/C10H17NO4/c1-7(12)8-6-9(2,11(14)15)4-5-10(8,3)13/h8,13H,4-6H2,1-3H3/t8-,9+,10+/m1/s1. The van der Waals surface area contributed by atoms with Crippen molar-refractivity contribution in [1.29, 1.82) is 0 Å². The molecule has 1 aliphatic carbocycles. The number of nitrogens with zero attached hydrogens (tertiary/aromatic N) is 1. The van der Waals surface area contributed by atoms with Crippen LogP contribution >= 0.6 is 0 Å². The van der Waals surface area contributed by atoms with Crippen molar-refractivity contribution in [3.05, 3.63) is 10.1 Å². The number of carbonyl (C=O) groups is 1. The van der Waals surface area contributed by atoms with Crippen LogP contribution in [0.15, 0.2) is 0 Å².